The van der Waals surface area contributed by atoms with Crippen LogP contribution in [0.2, 0.25) is 0 Å². The summed E-state index contributed by atoms with van der Waals surface area (Å²) >= 11 is 0. The molecule has 47 heavy (non-hydrogen) atoms. The lowest BCUT2D eigenvalue weighted by atomic mass is 9.98. The number of carboxylic acid groups (broad SMARTS) is 1. The number of amides is 8. The third-order valence-corrected chi connectivity index (χ3v) is 7.41. The third kappa shape index (κ3) is 15.4. The second-order valence-electron chi connectivity index (χ2n) is 11.3. The number of rotatable bonds is 21. The van der Waals surface area contributed by atoms with Crippen LogP contribution in [0.15, 0.2) is 0 Å². The van der Waals surface area contributed by atoms with E-state index in [1.165, 1.54) is 6.92 Å². The van der Waals surface area contributed by atoms with E-state index in [1.54, 1.807) is 13.8 Å². The van der Waals surface area contributed by atoms with Crippen LogP contribution in [0.5, 0.6) is 0 Å². The molecule has 0 radical (unpaired) electrons. The van der Waals surface area contributed by atoms with Crippen LogP contribution in [0.4, 0.5) is 0 Å². The van der Waals surface area contributed by atoms with E-state index in [2.05, 4.69) is 37.2 Å². The van der Waals surface area contributed by atoms with Gasteiger partial charge < -0.3 is 53.8 Å². The maximum Gasteiger partial charge on any atom is 0.326 e. The predicted octanol–water partition coefficient (Wildman–Crippen LogP) is -4.41. The average molecular weight is 670 g/mol. The van der Waals surface area contributed by atoms with E-state index in [0.717, 1.165) is 6.42 Å². The zero-order chi connectivity index (χ0) is 35.7. The van der Waals surface area contributed by atoms with Crippen LogP contribution in [0.25, 0.3) is 0 Å². The van der Waals surface area contributed by atoms with Gasteiger partial charge >= 0.3 is 5.97 Å². The molecule has 264 valence electrons. The Hall–Kier alpha value is -4.81. The van der Waals surface area contributed by atoms with Crippen LogP contribution in [0.3, 0.4) is 0 Å². The number of carbonyl (C=O) groups is 9. The maximum atomic E-state index is 13.0. The van der Waals surface area contributed by atoms with Crippen molar-refractivity contribution in [1.29, 1.82) is 0 Å². The van der Waals surface area contributed by atoms with Gasteiger partial charge in [0.2, 0.25) is 47.3 Å². The molecule has 8 amide bonds. The smallest absolute Gasteiger partial charge is 0.326 e. The van der Waals surface area contributed by atoms with E-state index in [9.17, 15) is 48.3 Å². The van der Waals surface area contributed by atoms with Crippen molar-refractivity contribution < 1.29 is 48.3 Å². The molecule has 1 aliphatic rings. The lowest BCUT2D eigenvalue weighted by Crippen LogP contribution is -2.57. The van der Waals surface area contributed by atoms with Crippen molar-refractivity contribution in [3.8, 4) is 0 Å². The molecule has 0 aromatic heterocycles. The Bertz CT molecular complexity index is 1180. The summed E-state index contributed by atoms with van der Waals surface area (Å²) in [5.74, 6) is -7.48. The number of hydrogen-bond acceptors (Lipinski definition) is 10. The molecule has 0 saturated carbocycles. The molecule has 1 aliphatic heterocycles. The lowest BCUT2D eigenvalue weighted by molar-refractivity contribution is -0.142. The summed E-state index contributed by atoms with van der Waals surface area (Å²) in [5.41, 5.74) is 10.2. The number of carbonyl (C=O) groups excluding carboxylic acids is 8. The topological polar surface area (TPSA) is 310 Å². The maximum absolute atomic E-state index is 13.0. The summed E-state index contributed by atoms with van der Waals surface area (Å²) in [7, 11) is 0. The second kappa shape index (κ2) is 20.3. The van der Waals surface area contributed by atoms with Crippen LogP contribution >= 0.6 is 0 Å². The molecule has 0 aromatic carbocycles. The fourth-order valence-electron chi connectivity index (χ4n) is 4.43. The molecule has 0 bridgehead atoms. The summed E-state index contributed by atoms with van der Waals surface area (Å²) in [6.07, 6.45) is 1.03. The summed E-state index contributed by atoms with van der Waals surface area (Å²) < 4.78 is 0. The molecule has 1 heterocycles. The summed E-state index contributed by atoms with van der Waals surface area (Å²) in [6.45, 7) is 4.25. The highest BCUT2D eigenvalue weighted by Gasteiger charge is 2.30. The molecule has 0 aliphatic carbocycles. The van der Waals surface area contributed by atoms with Gasteiger partial charge in [0, 0.05) is 12.8 Å². The highest BCUT2D eigenvalue weighted by atomic mass is 16.4. The van der Waals surface area contributed by atoms with Crippen LogP contribution in [-0.2, 0) is 43.2 Å². The van der Waals surface area contributed by atoms with Crippen molar-refractivity contribution in [3.63, 3.8) is 0 Å². The molecule has 19 heteroatoms. The van der Waals surface area contributed by atoms with Crippen LogP contribution in [0, 0.1) is 5.92 Å². The number of nitrogens with two attached hydrogens (primary N) is 2. The van der Waals surface area contributed by atoms with Gasteiger partial charge in [-0.2, -0.15) is 0 Å². The highest BCUT2D eigenvalue weighted by Crippen LogP contribution is 2.09. The number of primary amides is 2. The Morgan fingerprint density at radius 1 is 0.766 bits per heavy atom. The van der Waals surface area contributed by atoms with Crippen LogP contribution in [0.1, 0.15) is 65.7 Å². The largest absolute Gasteiger partial charge is 0.480 e. The third-order valence-electron chi connectivity index (χ3n) is 7.41. The molecular weight excluding hydrogens is 622 g/mol. The monoisotopic (exact) mass is 669 g/mol. The summed E-state index contributed by atoms with van der Waals surface area (Å²) in [6, 6.07) is -5.31. The summed E-state index contributed by atoms with van der Waals surface area (Å²) in [5, 5.41) is 26.5. The van der Waals surface area contributed by atoms with Crippen molar-refractivity contribution in [3.05, 3.63) is 0 Å². The minimum absolute atomic E-state index is 0.0871. The van der Waals surface area contributed by atoms with Crippen molar-refractivity contribution in [2.75, 3.05) is 19.6 Å². The van der Waals surface area contributed by atoms with E-state index < -0.39 is 102 Å². The predicted molar refractivity (Wildman–Crippen MR) is 164 cm³/mol. The van der Waals surface area contributed by atoms with Crippen LogP contribution < -0.4 is 48.7 Å². The van der Waals surface area contributed by atoms with Gasteiger partial charge in [-0.3, -0.25) is 38.4 Å². The Labute approximate surface area is 271 Å². The molecule has 6 unspecified atom stereocenters. The highest BCUT2D eigenvalue weighted by molar-refractivity contribution is 5.95. The van der Waals surface area contributed by atoms with Crippen LogP contribution in [-0.4, -0.2) is 108 Å². The zero-order valence-electron chi connectivity index (χ0n) is 26.8. The normalized spacial score (nSPS) is 17.0. The van der Waals surface area contributed by atoms with Gasteiger partial charge in [-0.25, -0.2) is 4.79 Å². The lowest BCUT2D eigenvalue weighted by Gasteiger charge is -2.25. The average Bonchev–Trinajstić information content (AvgIpc) is 3.56. The quantitative estimate of drug-likeness (QED) is 0.0556. The van der Waals surface area contributed by atoms with Gasteiger partial charge in [-0.05, 0) is 45.1 Å². The first kappa shape index (κ1) is 40.2. The van der Waals surface area contributed by atoms with E-state index in [1.807, 2.05) is 0 Å². The van der Waals surface area contributed by atoms with Gasteiger partial charge in [0.15, 0.2) is 0 Å². The molecule has 12 N–H and O–H groups in total. The van der Waals surface area contributed by atoms with Gasteiger partial charge in [-0.15, -0.1) is 0 Å². The van der Waals surface area contributed by atoms with E-state index in [4.69, 9.17) is 11.5 Å². The Morgan fingerprint density at radius 3 is 1.83 bits per heavy atom. The van der Waals surface area contributed by atoms with E-state index >= 15 is 0 Å². The second-order valence-corrected chi connectivity index (χ2v) is 11.3. The van der Waals surface area contributed by atoms with Crippen molar-refractivity contribution in [1.82, 2.24) is 37.2 Å². The number of nitrogens with one attached hydrogen (secondary N) is 7. The molecule has 0 spiro atoms. The van der Waals surface area contributed by atoms with Gasteiger partial charge in [0.05, 0.1) is 19.1 Å². The fourth-order valence-corrected chi connectivity index (χ4v) is 4.43. The molecule has 1 saturated heterocycles. The number of aliphatic carboxylic acids is 1. The van der Waals surface area contributed by atoms with E-state index in [-0.39, 0.29) is 25.7 Å². The molecule has 0 aromatic rings. The minimum Gasteiger partial charge on any atom is -0.480 e. The first-order chi connectivity index (χ1) is 22.0. The van der Waals surface area contributed by atoms with Gasteiger partial charge in [0.1, 0.15) is 24.2 Å². The van der Waals surface area contributed by atoms with Gasteiger partial charge in [-0.1, -0.05) is 20.3 Å². The van der Waals surface area contributed by atoms with E-state index in [0.29, 0.717) is 19.4 Å². The molecule has 1 rings (SSSR count). The first-order valence-corrected chi connectivity index (χ1v) is 15.3. The van der Waals surface area contributed by atoms with Gasteiger partial charge in [0.25, 0.3) is 0 Å². The standard InChI is InChI=1S/C28H47N9O10/c1-4-14(2)23(27(45)34-15(3)24(42)32-12-21(40)35-18(28(46)47)8-10-20(30)39)37-22(41)13-33-25(43)17(7-9-19(29)38)36-26(44)16-6-5-11-31-16/h14-18,23,31H,4-13H2,1-3H3,(H2,29,38)(H2,30,39)(H,32,42)(H,33,43)(H,34,45)(H,35,40)(H,36,44)(H,37,41)(H,46,47). The van der Waals surface area contributed by atoms with Crippen molar-refractivity contribution >= 4 is 53.2 Å². The number of carboxylic acids is 1. The zero-order valence-corrected chi connectivity index (χ0v) is 26.8. The molecule has 1 fully saturated rings. The Kier molecular flexibility index (Phi) is 17.4. The molecular formula is C28H47N9O10. The number of hydrogen-bond donors (Lipinski definition) is 10. The van der Waals surface area contributed by atoms with Crippen molar-refractivity contribution in [2.24, 2.45) is 17.4 Å². The first-order valence-electron chi connectivity index (χ1n) is 15.3. The SMILES string of the molecule is CCC(C)C(NC(=O)CNC(=O)C(CCC(N)=O)NC(=O)C1CCCN1)C(=O)NC(C)C(=O)NCC(=O)NC(CCC(N)=O)C(=O)O. The summed E-state index contributed by atoms with van der Waals surface area (Å²) in [4.78, 5) is 109. The fraction of sp³-hybridized carbons (Fsp3) is 0.679. The molecule has 19 nitrogen and oxygen atoms in total. The Balaban J connectivity index is 2.71. The van der Waals surface area contributed by atoms with Crippen molar-refractivity contribution in [2.45, 2.75) is 95.9 Å². The minimum atomic E-state index is -1.40. The molecule has 6 atom stereocenters. The Morgan fingerprint density at radius 2 is 1.32 bits per heavy atom.